The normalized spacial score (nSPS) is 35.3. The zero-order valence-corrected chi connectivity index (χ0v) is 10.7. The van der Waals surface area contributed by atoms with E-state index in [-0.39, 0.29) is 25.0 Å². The number of allylic oxidation sites excluding steroid dienone is 3. The average Bonchev–Trinajstić information content (AvgIpc) is 2.91. The Morgan fingerprint density at radius 1 is 1.53 bits per heavy atom. The number of carboxylic acid groups (broad SMARTS) is 1. The molecule has 0 radical (unpaired) electrons. The predicted molar refractivity (Wildman–Crippen MR) is 69.2 cm³/mol. The number of fused-ring (bicyclic) bond motifs is 2. The maximum atomic E-state index is 12.2. The molecule has 0 aliphatic heterocycles. The zero-order valence-electron chi connectivity index (χ0n) is 10.7. The Morgan fingerprint density at radius 2 is 2.26 bits per heavy atom. The van der Waals surface area contributed by atoms with Crippen LogP contribution in [0.1, 0.15) is 12.8 Å². The summed E-state index contributed by atoms with van der Waals surface area (Å²) in [5.41, 5.74) is -0.422. The van der Waals surface area contributed by atoms with Gasteiger partial charge in [0.2, 0.25) is 5.91 Å². The molecule has 0 aromatic rings. The average molecular weight is 265 g/mol. The van der Waals surface area contributed by atoms with Crippen molar-refractivity contribution in [3.63, 3.8) is 0 Å². The van der Waals surface area contributed by atoms with Gasteiger partial charge < -0.3 is 15.5 Å². The van der Waals surface area contributed by atoms with Gasteiger partial charge in [-0.25, -0.2) is 0 Å². The molecule has 2 rings (SSSR count). The first-order valence-electron chi connectivity index (χ1n) is 6.47. The Labute approximate surface area is 112 Å². The van der Waals surface area contributed by atoms with Crippen LogP contribution in [0.25, 0.3) is 0 Å². The number of carboxylic acids is 1. The highest BCUT2D eigenvalue weighted by Crippen LogP contribution is 2.58. The molecule has 0 heterocycles. The van der Waals surface area contributed by atoms with Crippen LogP contribution in [0.4, 0.5) is 0 Å². The van der Waals surface area contributed by atoms with Crippen LogP contribution in [0.15, 0.2) is 24.8 Å². The van der Waals surface area contributed by atoms with E-state index in [1.165, 1.54) is 0 Å². The monoisotopic (exact) mass is 265 g/mol. The minimum atomic E-state index is -0.926. The van der Waals surface area contributed by atoms with Crippen LogP contribution in [-0.2, 0) is 9.59 Å². The van der Waals surface area contributed by atoms with Gasteiger partial charge in [0.05, 0.1) is 18.4 Å². The number of aliphatic hydroxyl groups excluding tert-OH is 1. The molecule has 2 aliphatic carbocycles. The molecule has 0 aromatic heterocycles. The number of rotatable bonds is 6. The third-order valence-corrected chi connectivity index (χ3v) is 4.23. The van der Waals surface area contributed by atoms with Crippen LogP contribution in [-0.4, -0.2) is 35.2 Å². The van der Waals surface area contributed by atoms with Gasteiger partial charge in [-0.1, -0.05) is 18.2 Å². The Bertz CT molecular complexity index is 431. The van der Waals surface area contributed by atoms with Crippen molar-refractivity contribution >= 4 is 11.9 Å². The Morgan fingerprint density at radius 3 is 2.84 bits per heavy atom. The standard InChI is InChI=1S/C14H19NO4/c1-2-4-14-5-3-9(8-14)10(13(18)19)11(14)12(17)15-6-7-16/h2-3,5,9-11,16H,1,4,6-8H2,(H,15,17)(H,18,19). The van der Waals surface area contributed by atoms with Gasteiger partial charge >= 0.3 is 5.97 Å². The smallest absolute Gasteiger partial charge is 0.307 e. The maximum Gasteiger partial charge on any atom is 0.307 e. The van der Waals surface area contributed by atoms with Gasteiger partial charge in [0.1, 0.15) is 0 Å². The number of aliphatic hydroxyl groups is 1. The first-order valence-corrected chi connectivity index (χ1v) is 6.47. The quantitative estimate of drug-likeness (QED) is 0.613. The van der Waals surface area contributed by atoms with Gasteiger partial charge in [-0.15, -0.1) is 6.58 Å². The van der Waals surface area contributed by atoms with Crippen LogP contribution >= 0.6 is 0 Å². The lowest BCUT2D eigenvalue weighted by atomic mass is 9.71. The van der Waals surface area contributed by atoms with Crippen molar-refractivity contribution in [2.45, 2.75) is 12.8 Å². The topological polar surface area (TPSA) is 86.6 Å². The highest BCUT2D eigenvalue weighted by Gasteiger charge is 2.59. The van der Waals surface area contributed by atoms with E-state index in [1.54, 1.807) is 6.08 Å². The molecular weight excluding hydrogens is 246 g/mol. The molecule has 2 aliphatic rings. The van der Waals surface area contributed by atoms with Crippen LogP contribution in [0.2, 0.25) is 0 Å². The fourth-order valence-electron chi connectivity index (χ4n) is 3.56. The highest BCUT2D eigenvalue weighted by molar-refractivity contribution is 5.87. The first kappa shape index (κ1) is 13.8. The lowest BCUT2D eigenvalue weighted by Gasteiger charge is -2.33. The Hall–Kier alpha value is -1.62. The minimum absolute atomic E-state index is 0.0812. The predicted octanol–water partition coefficient (Wildman–Crippen LogP) is 0.564. The highest BCUT2D eigenvalue weighted by atomic mass is 16.4. The molecule has 5 nitrogen and oxygen atoms in total. The second kappa shape index (κ2) is 5.17. The number of carbonyl (C=O) groups excluding carboxylic acids is 1. The van der Waals surface area contributed by atoms with E-state index in [2.05, 4.69) is 11.9 Å². The Balaban J connectivity index is 2.28. The summed E-state index contributed by atoms with van der Waals surface area (Å²) in [6, 6.07) is 0. The SMILES string of the molecule is C=CCC12C=CC(C1)C(C(=O)O)C2C(=O)NCCO. The number of hydrogen-bond donors (Lipinski definition) is 3. The van der Waals surface area contributed by atoms with E-state index in [1.807, 2.05) is 12.2 Å². The Kier molecular flexibility index (Phi) is 3.75. The fourth-order valence-corrected chi connectivity index (χ4v) is 3.56. The summed E-state index contributed by atoms with van der Waals surface area (Å²) in [7, 11) is 0. The molecule has 3 N–H and O–H groups in total. The van der Waals surface area contributed by atoms with Gasteiger partial charge in [-0.2, -0.15) is 0 Å². The van der Waals surface area contributed by atoms with Crippen LogP contribution in [0.5, 0.6) is 0 Å². The second-order valence-corrected chi connectivity index (χ2v) is 5.31. The molecule has 0 spiro atoms. The van der Waals surface area contributed by atoms with Crippen LogP contribution < -0.4 is 5.32 Å². The summed E-state index contributed by atoms with van der Waals surface area (Å²) in [6.07, 6.45) is 6.91. The van der Waals surface area contributed by atoms with Crippen molar-refractivity contribution in [2.75, 3.05) is 13.2 Å². The first-order chi connectivity index (χ1) is 9.05. The molecule has 0 aromatic carbocycles. The van der Waals surface area contributed by atoms with Crippen molar-refractivity contribution in [1.82, 2.24) is 5.32 Å². The van der Waals surface area contributed by atoms with E-state index < -0.39 is 23.2 Å². The molecule has 1 amide bonds. The number of aliphatic carboxylic acids is 1. The zero-order chi connectivity index (χ0) is 14.0. The van der Waals surface area contributed by atoms with E-state index in [0.29, 0.717) is 12.8 Å². The van der Waals surface area contributed by atoms with Crippen molar-refractivity contribution in [2.24, 2.45) is 23.2 Å². The number of nitrogens with one attached hydrogen (secondary N) is 1. The van der Waals surface area contributed by atoms with Gasteiger partial charge in [-0.3, -0.25) is 9.59 Å². The van der Waals surface area contributed by atoms with E-state index in [9.17, 15) is 14.7 Å². The minimum Gasteiger partial charge on any atom is -0.481 e. The number of amides is 1. The van der Waals surface area contributed by atoms with Crippen molar-refractivity contribution < 1.29 is 19.8 Å². The molecule has 1 saturated carbocycles. The second-order valence-electron chi connectivity index (χ2n) is 5.31. The summed E-state index contributed by atoms with van der Waals surface area (Å²) in [5.74, 6) is -2.55. The molecular formula is C14H19NO4. The summed E-state index contributed by atoms with van der Waals surface area (Å²) in [5, 5.41) is 20.8. The van der Waals surface area contributed by atoms with E-state index >= 15 is 0 Å². The molecule has 1 fully saturated rings. The molecule has 4 atom stereocenters. The fraction of sp³-hybridized carbons (Fsp3) is 0.571. The van der Waals surface area contributed by atoms with Gasteiger partial charge in [0.25, 0.3) is 0 Å². The molecule has 2 bridgehead atoms. The largest absolute Gasteiger partial charge is 0.481 e. The molecule has 4 unspecified atom stereocenters. The lowest BCUT2D eigenvalue weighted by molar-refractivity contribution is -0.148. The summed E-state index contributed by atoms with van der Waals surface area (Å²) in [4.78, 5) is 23.7. The summed E-state index contributed by atoms with van der Waals surface area (Å²) < 4.78 is 0. The lowest BCUT2D eigenvalue weighted by Crippen LogP contribution is -2.45. The van der Waals surface area contributed by atoms with Crippen LogP contribution in [0, 0.1) is 23.2 Å². The molecule has 19 heavy (non-hydrogen) atoms. The molecule has 0 saturated heterocycles. The van der Waals surface area contributed by atoms with Gasteiger partial charge in [-0.05, 0) is 18.8 Å². The number of carbonyl (C=O) groups is 2. The third kappa shape index (κ3) is 2.18. The van der Waals surface area contributed by atoms with E-state index in [0.717, 1.165) is 0 Å². The maximum absolute atomic E-state index is 12.2. The van der Waals surface area contributed by atoms with Gasteiger partial charge in [0, 0.05) is 12.0 Å². The third-order valence-electron chi connectivity index (χ3n) is 4.23. The van der Waals surface area contributed by atoms with Gasteiger partial charge in [0.15, 0.2) is 0 Å². The number of hydrogen-bond acceptors (Lipinski definition) is 3. The van der Waals surface area contributed by atoms with Crippen molar-refractivity contribution in [3.05, 3.63) is 24.8 Å². The van der Waals surface area contributed by atoms with Crippen LogP contribution in [0.3, 0.4) is 0 Å². The molecule has 5 heteroatoms. The summed E-state index contributed by atoms with van der Waals surface area (Å²) >= 11 is 0. The summed E-state index contributed by atoms with van der Waals surface area (Å²) in [6.45, 7) is 3.71. The van der Waals surface area contributed by atoms with Crippen molar-refractivity contribution in [1.29, 1.82) is 0 Å². The molecule has 104 valence electrons. The van der Waals surface area contributed by atoms with Crippen molar-refractivity contribution in [3.8, 4) is 0 Å². The van der Waals surface area contributed by atoms with E-state index in [4.69, 9.17) is 5.11 Å².